The summed E-state index contributed by atoms with van der Waals surface area (Å²) in [7, 11) is 0. The van der Waals surface area contributed by atoms with Crippen LogP contribution >= 0.6 is 34.5 Å². The summed E-state index contributed by atoms with van der Waals surface area (Å²) >= 11 is 13.4. The number of aromatic nitrogens is 1. The van der Waals surface area contributed by atoms with Gasteiger partial charge in [0.15, 0.2) is 5.69 Å². The quantitative estimate of drug-likeness (QED) is 0.794. The van der Waals surface area contributed by atoms with Crippen LogP contribution in [0.4, 0.5) is 0 Å². The van der Waals surface area contributed by atoms with Gasteiger partial charge in [0.1, 0.15) is 0 Å². The molecule has 0 aliphatic heterocycles. The molecular formula is C12H9Cl2NO2S. The first kappa shape index (κ1) is 13.3. The van der Waals surface area contributed by atoms with Crippen LogP contribution in [0.1, 0.15) is 17.4 Å². The molecule has 0 radical (unpaired) electrons. The van der Waals surface area contributed by atoms with Crippen molar-refractivity contribution in [3.63, 3.8) is 0 Å². The Morgan fingerprint density at radius 1 is 1.44 bits per heavy atom. The van der Waals surface area contributed by atoms with E-state index in [-0.39, 0.29) is 5.69 Å². The molecule has 0 saturated heterocycles. The van der Waals surface area contributed by atoms with E-state index in [0.29, 0.717) is 27.1 Å². The third-order valence-electron chi connectivity index (χ3n) is 2.21. The zero-order chi connectivity index (χ0) is 13.1. The van der Waals surface area contributed by atoms with E-state index < -0.39 is 5.97 Å². The summed E-state index contributed by atoms with van der Waals surface area (Å²) in [4.78, 5) is 16.4. The van der Waals surface area contributed by atoms with Gasteiger partial charge >= 0.3 is 5.97 Å². The van der Waals surface area contributed by atoms with E-state index >= 15 is 0 Å². The highest BCUT2D eigenvalue weighted by atomic mass is 35.5. The lowest BCUT2D eigenvalue weighted by molar-refractivity contribution is 0.0521. The molecule has 3 nitrogen and oxygen atoms in total. The van der Waals surface area contributed by atoms with Crippen molar-refractivity contribution in [2.45, 2.75) is 6.92 Å². The van der Waals surface area contributed by atoms with E-state index in [0.717, 1.165) is 0 Å². The van der Waals surface area contributed by atoms with Crippen molar-refractivity contribution in [1.29, 1.82) is 0 Å². The first-order valence-electron chi connectivity index (χ1n) is 5.19. The normalized spacial score (nSPS) is 10.4. The minimum Gasteiger partial charge on any atom is -0.461 e. The molecule has 0 bridgehead atoms. The predicted molar refractivity (Wildman–Crippen MR) is 73.5 cm³/mol. The molecule has 6 heteroatoms. The monoisotopic (exact) mass is 301 g/mol. The average molecular weight is 302 g/mol. The molecule has 0 aliphatic carbocycles. The summed E-state index contributed by atoms with van der Waals surface area (Å²) in [6, 6.07) is 5.09. The molecule has 0 N–H and O–H groups in total. The van der Waals surface area contributed by atoms with Gasteiger partial charge in [0.2, 0.25) is 0 Å². The van der Waals surface area contributed by atoms with Crippen molar-refractivity contribution in [3.05, 3.63) is 39.4 Å². The van der Waals surface area contributed by atoms with Gasteiger partial charge in [-0.2, -0.15) is 0 Å². The Balaban J connectivity index is 2.48. The van der Waals surface area contributed by atoms with Crippen molar-refractivity contribution in [3.8, 4) is 10.4 Å². The smallest absolute Gasteiger partial charge is 0.358 e. The molecule has 1 heterocycles. The second-order valence-corrected chi connectivity index (χ2v) is 5.07. The van der Waals surface area contributed by atoms with Crippen molar-refractivity contribution < 1.29 is 9.53 Å². The summed E-state index contributed by atoms with van der Waals surface area (Å²) < 4.78 is 4.95. The molecule has 0 atom stereocenters. The van der Waals surface area contributed by atoms with Crippen LogP contribution in [-0.2, 0) is 4.74 Å². The summed E-state index contributed by atoms with van der Waals surface area (Å²) in [5.41, 5.74) is 2.54. The topological polar surface area (TPSA) is 39.2 Å². The number of thiazole rings is 1. The Labute approximate surface area is 118 Å². The van der Waals surface area contributed by atoms with Gasteiger partial charge in [-0.05, 0) is 25.1 Å². The lowest BCUT2D eigenvalue weighted by atomic mass is 10.1. The van der Waals surface area contributed by atoms with Crippen LogP contribution in [0, 0.1) is 0 Å². The van der Waals surface area contributed by atoms with E-state index in [4.69, 9.17) is 27.9 Å². The Hall–Kier alpha value is -1.10. The number of hydrogen-bond acceptors (Lipinski definition) is 4. The molecule has 1 aromatic heterocycles. The molecule has 0 amide bonds. The fourth-order valence-corrected chi connectivity index (χ4v) is 2.70. The molecule has 18 heavy (non-hydrogen) atoms. The number of halogens is 2. The van der Waals surface area contributed by atoms with Crippen molar-refractivity contribution >= 4 is 40.5 Å². The fraction of sp³-hybridized carbons (Fsp3) is 0.167. The van der Waals surface area contributed by atoms with Gasteiger partial charge in [0.05, 0.1) is 17.0 Å². The van der Waals surface area contributed by atoms with Crippen molar-refractivity contribution in [2.24, 2.45) is 0 Å². The minimum absolute atomic E-state index is 0.269. The highest BCUT2D eigenvalue weighted by Gasteiger charge is 2.19. The van der Waals surface area contributed by atoms with Crippen LogP contribution in [0.3, 0.4) is 0 Å². The number of carbonyl (C=O) groups is 1. The van der Waals surface area contributed by atoms with Gasteiger partial charge in [0, 0.05) is 15.6 Å². The van der Waals surface area contributed by atoms with Crippen LogP contribution in [0.5, 0.6) is 0 Å². The summed E-state index contributed by atoms with van der Waals surface area (Å²) in [6.07, 6.45) is 0. The van der Waals surface area contributed by atoms with E-state index in [1.165, 1.54) is 11.3 Å². The van der Waals surface area contributed by atoms with E-state index in [1.807, 2.05) is 0 Å². The zero-order valence-corrected chi connectivity index (χ0v) is 11.8. The summed E-state index contributed by atoms with van der Waals surface area (Å²) in [6.45, 7) is 2.05. The Bertz CT molecular complexity index is 583. The molecule has 1 aromatic carbocycles. The van der Waals surface area contributed by atoms with Gasteiger partial charge in [0.25, 0.3) is 0 Å². The van der Waals surface area contributed by atoms with Crippen molar-refractivity contribution in [2.75, 3.05) is 6.61 Å². The van der Waals surface area contributed by atoms with Gasteiger partial charge in [-0.3, -0.25) is 0 Å². The van der Waals surface area contributed by atoms with Gasteiger partial charge in [-0.25, -0.2) is 9.78 Å². The zero-order valence-electron chi connectivity index (χ0n) is 9.44. The van der Waals surface area contributed by atoms with Gasteiger partial charge in [-0.15, -0.1) is 11.3 Å². The molecular weight excluding hydrogens is 293 g/mol. The first-order chi connectivity index (χ1) is 8.63. The largest absolute Gasteiger partial charge is 0.461 e. The number of rotatable bonds is 3. The number of hydrogen-bond donors (Lipinski definition) is 0. The molecule has 2 aromatic rings. The average Bonchev–Trinajstić information content (AvgIpc) is 2.81. The lowest BCUT2D eigenvalue weighted by Crippen LogP contribution is -2.06. The van der Waals surface area contributed by atoms with E-state index in [9.17, 15) is 4.79 Å². The molecule has 94 valence electrons. The minimum atomic E-state index is -0.454. The maximum atomic E-state index is 11.7. The van der Waals surface area contributed by atoms with Crippen molar-refractivity contribution in [1.82, 2.24) is 4.98 Å². The molecule has 0 fully saturated rings. The summed E-state index contributed by atoms with van der Waals surface area (Å²) in [5.74, 6) is -0.454. The number of benzene rings is 1. The number of esters is 1. The lowest BCUT2D eigenvalue weighted by Gasteiger charge is -2.05. The maximum Gasteiger partial charge on any atom is 0.358 e. The third kappa shape index (κ3) is 2.66. The SMILES string of the molecule is CCOC(=O)c1ncsc1-c1cc(Cl)ccc1Cl. The van der Waals surface area contributed by atoms with Crippen LogP contribution in [0.2, 0.25) is 10.0 Å². The number of nitrogens with zero attached hydrogens (tertiary/aromatic N) is 1. The highest BCUT2D eigenvalue weighted by Crippen LogP contribution is 2.35. The summed E-state index contributed by atoms with van der Waals surface area (Å²) in [5, 5.41) is 1.08. The molecule has 0 spiro atoms. The first-order valence-corrected chi connectivity index (χ1v) is 6.83. The second-order valence-electron chi connectivity index (χ2n) is 3.37. The predicted octanol–water partition coefficient (Wildman–Crippen LogP) is 4.29. The Kier molecular flexibility index (Phi) is 4.22. The highest BCUT2D eigenvalue weighted by molar-refractivity contribution is 7.13. The second kappa shape index (κ2) is 5.69. The van der Waals surface area contributed by atoms with Crippen LogP contribution in [-0.4, -0.2) is 17.6 Å². The van der Waals surface area contributed by atoms with Crippen LogP contribution in [0.15, 0.2) is 23.7 Å². The number of ether oxygens (including phenoxy) is 1. The Morgan fingerprint density at radius 3 is 2.94 bits per heavy atom. The number of carbonyl (C=O) groups excluding carboxylic acids is 1. The standard InChI is InChI=1S/C12H9Cl2NO2S/c1-2-17-12(16)10-11(18-6-15-10)8-5-7(13)3-4-9(8)14/h3-6H,2H2,1H3. The maximum absolute atomic E-state index is 11.7. The van der Waals surface area contributed by atoms with E-state index in [1.54, 1.807) is 30.6 Å². The van der Waals surface area contributed by atoms with E-state index in [2.05, 4.69) is 4.98 Å². The molecule has 0 unspecified atom stereocenters. The fourth-order valence-electron chi connectivity index (χ4n) is 1.45. The molecule has 0 saturated carbocycles. The molecule has 2 rings (SSSR count). The van der Waals surface area contributed by atoms with Gasteiger partial charge in [-0.1, -0.05) is 23.2 Å². The molecule has 0 aliphatic rings. The third-order valence-corrected chi connectivity index (χ3v) is 3.63. The van der Waals surface area contributed by atoms with Gasteiger partial charge < -0.3 is 4.74 Å². The Morgan fingerprint density at radius 2 is 2.22 bits per heavy atom. The van der Waals surface area contributed by atoms with Crippen LogP contribution in [0.25, 0.3) is 10.4 Å². The van der Waals surface area contributed by atoms with Crippen LogP contribution < -0.4 is 0 Å².